The lowest BCUT2D eigenvalue weighted by molar-refractivity contribution is -0.153. The highest BCUT2D eigenvalue weighted by Crippen LogP contribution is 2.72. The van der Waals surface area contributed by atoms with Gasteiger partial charge >= 0.3 is 5.97 Å². The van der Waals surface area contributed by atoms with Gasteiger partial charge in [-0.2, -0.15) is 0 Å². The van der Waals surface area contributed by atoms with E-state index in [4.69, 9.17) is 0 Å². The molecule has 2 aliphatic rings. The van der Waals surface area contributed by atoms with Gasteiger partial charge in [0.05, 0.1) is 10.2 Å². The molecule has 2 rings (SSSR count). The molecular formula is C11H15BrO3. The molecule has 2 saturated carbocycles. The van der Waals surface area contributed by atoms with Gasteiger partial charge in [-0.1, -0.05) is 36.7 Å². The van der Waals surface area contributed by atoms with Crippen LogP contribution in [0.2, 0.25) is 0 Å². The highest BCUT2D eigenvalue weighted by molar-refractivity contribution is 9.10. The van der Waals surface area contributed by atoms with Gasteiger partial charge in [-0.25, -0.2) is 0 Å². The van der Waals surface area contributed by atoms with Gasteiger partial charge in [-0.15, -0.1) is 0 Å². The van der Waals surface area contributed by atoms with Crippen molar-refractivity contribution in [3.05, 3.63) is 0 Å². The van der Waals surface area contributed by atoms with Gasteiger partial charge < -0.3 is 5.11 Å². The summed E-state index contributed by atoms with van der Waals surface area (Å²) in [5, 5.41) is 9.45. The fourth-order valence-electron chi connectivity index (χ4n) is 3.43. The zero-order valence-corrected chi connectivity index (χ0v) is 10.7. The van der Waals surface area contributed by atoms with Gasteiger partial charge in [0.25, 0.3) is 0 Å². The minimum atomic E-state index is -0.918. The Bertz CT molecular complexity index is 363. The van der Waals surface area contributed by atoms with E-state index in [1.165, 1.54) is 0 Å². The van der Waals surface area contributed by atoms with E-state index in [-0.39, 0.29) is 5.78 Å². The quantitative estimate of drug-likeness (QED) is 0.746. The van der Waals surface area contributed by atoms with Crippen LogP contribution >= 0.6 is 15.9 Å². The highest BCUT2D eigenvalue weighted by Gasteiger charge is 2.77. The third-order valence-corrected chi connectivity index (χ3v) is 6.30. The van der Waals surface area contributed by atoms with Crippen molar-refractivity contribution in [3.8, 4) is 0 Å². The lowest BCUT2D eigenvalue weighted by Crippen LogP contribution is -2.44. The molecule has 0 unspecified atom stereocenters. The average Bonchev–Trinajstić information content (AvgIpc) is 2.39. The number of carbonyl (C=O) groups excluding carboxylic acids is 1. The maximum atomic E-state index is 12.1. The number of fused-ring (bicyclic) bond motifs is 2. The number of ketones is 1. The summed E-state index contributed by atoms with van der Waals surface area (Å²) in [6.07, 6.45) is 1.28. The summed E-state index contributed by atoms with van der Waals surface area (Å²) in [5.41, 5.74) is -1.88. The summed E-state index contributed by atoms with van der Waals surface area (Å²) in [7, 11) is 0. The molecule has 0 radical (unpaired) electrons. The van der Waals surface area contributed by atoms with Crippen LogP contribution in [0.1, 0.15) is 33.6 Å². The first kappa shape index (κ1) is 11.1. The molecule has 0 aliphatic heterocycles. The van der Waals surface area contributed by atoms with Crippen molar-refractivity contribution in [2.24, 2.45) is 16.2 Å². The fraction of sp³-hybridized carbons (Fsp3) is 0.818. The van der Waals surface area contributed by atoms with Gasteiger partial charge in [0.15, 0.2) is 5.78 Å². The average molecular weight is 275 g/mol. The maximum absolute atomic E-state index is 12.1. The zero-order valence-electron chi connectivity index (χ0n) is 9.13. The van der Waals surface area contributed by atoms with Crippen LogP contribution in [-0.2, 0) is 9.59 Å². The number of carboxylic acids is 1. The van der Waals surface area contributed by atoms with Crippen LogP contribution in [0.3, 0.4) is 0 Å². The lowest BCUT2D eigenvalue weighted by Gasteiger charge is -2.37. The van der Waals surface area contributed by atoms with E-state index < -0.39 is 27.0 Å². The first-order valence-corrected chi connectivity index (χ1v) is 6.05. The van der Waals surface area contributed by atoms with Crippen molar-refractivity contribution in [3.63, 3.8) is 0 Å². The van der Waals surface area contributed by atoms with Crippen LogP contribution < -0.4 is 0 Å². The summed E-state index contributed by atoms with van der Waals surface area (Å²) in [6.45, 7) is 5.72. The van der Waals surface area contributed by atoms with Crippen LogP contribution in [0.15, 0.2) is 0 Å². The predicted molar refractivity (Wildman–Crippen MR) is 58.9 cm³/mol. The van der Waals surface area contributed by atoms with Crippen LogP contribution in [0, 0.1) is 16.2 Å². The number of hydrogen-bond donors (Lipinski definition) is 1. The van der Waals surface area contributed by atoms with Crippen LogP contribution in [0.4, 0.5) is 0 Å². The van der Waals surface area contributed by atoms with Crippen molar-refractivity contribution in [2.75, 3.05) is 0 Å². The number of hydrogen-bond acceptors (Lipinski definition) is 2. The Balaban J connectivity index is 2.68. The second-order valence-corrected chi connectivity index (χ2v) is 6.38. The second-order valence-electron chi connectivity index (χ2n) is 5.46. The Hall–Kier alpha value is -0.380. The first-order chi connectivity index (χ1) is 6.72. The van der Waals surface area contributed by atoms with Crippen molar-refractivity contribution >= 4 is 27.7 Å². The molecule has 3 atom stereocenters. The number of Topliss-reactive ketones (excluding diaryl/α,β-unsaturated/α-hetero) is 1. The van der Waals surface area contributed by atoms with E-state index in [1.54, 1.807) is 0 Å². The Morgan fingerprint density at radius 2 is 1.93 bits per heavy atom. The van der Waals surface area contributed by atoms with Crippen LogP contribution in [0.5, 0.6) is 0 Å². The molecule has 2 bridgehead atoms. The summed E-state index contributed by atoms with van der Waals surface area (Å²) in [5.74, 6) is -0.787. The molecule has 0 saturated heterocycles. The molecule has 0 aromatic rings. The fourth-order valence-corrected chi connectivity index (χ4v) is 4.93. The second kappa shape index (κ2) is 2.65. The molecule has 0 aromatic heterocycles. The van der Waals surface area contributed by atoms with Crippen molar-refractivity contribution < 1.29 is 14.7 Å². The molecule has 15 heavy (non-hydrogen) atoms. The van der Waals surface area contributed by atoms with Gasteiger partial charge in [0.2, 0.25) is 0 Å². The molecular weight excluding hydrogens is 260 g/mol. The van der Waals surface area contributed by atoms with Gasteiger partial charge in [-0.05, 0) is 18.3 Å². The van der Waals surface area contributed by atoms with E-state index in [0.29, 0.717) is 12.8 Å². The number of carbonyl (C=O) groups is 2. The van der Waals surface area contributed by atoms with E-state index >= 15 is 0 Å². The third kappa shape index (κ3) is 0.846. The van der Waals surface area contributed by atoms with Crippen molar-refractivity contribution in [2.45, 2.75) is 38.4 Å². The Kier molecular flexibility index (Phi) is 1.96. The Morgan fingerprint density at radius 1 is 1.40 bits per heavy atom. The van der Waals surface area contributed by atoms with E-state index in [1.807, 2.05) is 20.8 Å². The summed E-state index contributed by atoms with van der Waals surface area (Å²) in [4.78, 5) is 23.1. The van der Waals surface area contributed by atoms with Gasteiger partial charge in [0, 0.05) is 5.41 Å². The molecule has 1 N–H and O–H groups in total. The zero-order chi connectivity index (χ0) is 11.6. The molecule has 84 valence electrons. The number of halogens is 1. The smallest absolute Gasteiger partial charge is 0.311 e. The largest absolute Gasteiger partial charge is 0.481 e. The summed E-state index contributed by atoms with van der Waals surface area (Å²) >= 11 is 3.30. The van der Waals surface area contributed by atoms with Crippen molar-refractivity contribution in [1.29, 1.82) is 0 Å². The van der Waals surface area contributed by atoms with Gasteiger partial charge in [-0.3, -0.25) is 9.59 Å². The molecule has 0 spiro atoms. The third-order valence-electron chi connectivity index (χ3n) is 5.10. The number of rotatable bonds is 1. The van der Waals surface area contributed by atoms with Crippen molar-refractivity contribution in [1.82, 2.24) is 0 Å². The predicted octanol–water partition coefficient (Wildman–Crippen LogP) is 2.23. The Morgan fingerprint density at radius 3 is 2.20 bits per heavy atom. The molecule has 2 fully saturated rings. The first-order valence-electron chi connectivity index (χ1n) is 5.13. The number of carboxylic acid groups (broad SMARTS) is 1. The molecule has 0 aromatic carbocycles. The maximum Gasteiger partial charge on any atom is 0.311 e. The van der Waals surface area contributed by atoms with Crippen LogP contribution in [0.25, 0.3) is 0 Å². The molecule has 0 heterocycles. The van der Waals surface area contributed by atoms with E-state index in [2.05, 4.69) is 15.9 Å². The van der Waals surface area contributed by atoms with Crippen LogP contribution in [-0.4, -0.2) is 21.7 Å². The minimum absolute atomic E-state index is 0.0566. The molecule has 2 aliphatic carbocycles. The standard InChI is InChI=1S/C11H15BrO3/c1-9(2)10(3)4-5-11(9,8(14)15)6(12)7(10)13/h6H,4-5H2,1-3H3,(H,14,15)/t6-,10-,11-/m0/s1. The van der Waals surface area contributed by atoms with Gasteiger partial charge in [0.1, 0.15) is 0 Å². The molecule has 0 amide bonds. The normalized spacial score (nSPS) is 47.2. The Labute approximate surface area is 97.4 Å². The molecule has 4 heteroatoms. The van der Waals surface area contributed by atoms with E-state index in [9.17, 15) is 14.7 Å². The summed E-state index contributed by atoms with van der Waals surface area (Å²) in [6, 6.07) is 0. The summed E-state index contributed by atoms with van der Waals surface area (Å²) < 4.78 is 0. The lowest BCUT2D eigenvalue weighted by atomic mass is 9.65. The highest BCUT2D eigenvalue weighted by atomic mass is 79.9. The number of aliphatic carboxylic acids is 1. The topological polar surface area (TPSA) is 54.4 Å². The van der Waals surface area contributed by atoms with E-state index in [0.717, 1.165) is 0 Å². The number of alkyl halides is 1. The molecule has 3 nitrogen and oxygen atoms in total. The SMILES string of the molecule is CC1(C)[C@@]2(C)CC[C@@]1(C(=O)O)[C@@H](Br)C2=O. The monoisotopic (exact) mass is 274 g/mol. The minimum Gasteiger partial charge on any atom is -0.481 e.